The summed E-state index contributed by atoms with van der Waals surface area (Å²) in [5.41, 5.74) is 2.58. The Hall–Kier alpha value is -4.13. The monoisotopic (exact) mass is 442 g/mol. The predicted molar refractivity (Wildman–Crippen MR) is 122 cm³/mol. The Bertz CT molecular complexity index is 1270. The second kappa shape index (κ2) is 8.09. The SMILES string of the molecule is COc1ccc(N2C(=O)C(=O)/C(=C(\O)c3ccc4c(c3)CC(C)O4)C2c2cccnc2)cc1. The number of aromatic nitrogens is 1. The highest BCUT2D eigenvalue weighted by atomic mass is 16.5. The predicted octanol–water partition coefficient (Wildman–Crippen LogP) is 4.04. The Morgan fingerprint density at radius 1 is 1.15 bits per heavy atom. The molecule has 0 saturated carbocycles. The topological polar surface area (TPSA) is 89.0 Å². The first-order chi connectivity index (χ1) is 16.0. The standard InChI is InChI=1S/C26H22N2O5/c1-15-12-18-13-16(5-10-21(18)33-15)24(29)22-23(17-4-3-11-27-14-17)28(26(31)25(22)30)19-6-8-20(32-2)9-7-19/h3-11,13-15,23,29H,12H2,1-2H3/b24-22-. The lowest BCUT2D eigenvalue weighted by molar-refractivity contribution is -0.132. The zero-order valence-electron chi connectivity index (χ0n) is 18.2. The van der Waals surface area contributed by atoms with Crippen LogP contribution >= 0.6 is 0 Å². The number of pyridine rings is 1. The van der Waals surface area contributed by atoms with Gasteiger partial charge in [0.05, 0.1) is 18.7 Å². The third-order valence-electron chi connectivity index (χ3n) is 5.96. The molecule has 1 N–H and O–H groups in total. The summed E-state index contributed by atoms with van der Waals surface area (Å²) in [4.78, 5) is 32.0. The number of aliphatic hydroxyl groups excluding tert-OH is 1. The molecule has 3 aromatic rings. The van der Waals surface area contributed by atoms with Gasteiger partial charge in [-0.3, -0.25) is 19.5 Å². The van der Waals surface area contributed by atoms with E-state index in [2.05, 4.69) is 4.98 Å². The Balaban J connectivity index is 1.66. The van der Waals surface area contributed by atoms with Crippen molar-refractivity contribution in [1.29, 1.82) is 0 Å². The third kappa shape index (κ3) is 3.51. The molecule has 7 heteroatoms. The van der Waals surface area contributed by atoms with E-state index in [1.54, 1.807) is 68.0 Å². The summed E-state index contributed by atoms with van der Waals surface area (Å²) in [6.45, 7) is 1.97. The fraction of sp³-hybridized carbons (Fsp3) is 0.192. The van der Waals surface area contributed by atoms with Crippen molar-refractivity contribution in [1.82, 2.24) is 4.98 Å². The van der Waals surface area contributed by atoms with Crippen molar-refractivity contribution in [3.8, 4) is 11.5 Å². The van der Waals surface area contributed by atoms with Crippen molar-refractivity contribution in [3.63, 3.8) is 0 Å². The molecule has 1 fully saturated rings. The average molecular weight is 442 g/mol. The van der Waals surface area contributed by atoms with Gasteiger partial charge in [0.1, 0.15) is 23.4 Å². The average Bonchev–Trinajstić information content (AvgIpc) is 3.34. The van der Waals surface area contributed by atoms with Crippen molar-refractivity contribution >= 4 is 23.1 Å². The number of nitrogens with zero attached hydrogens (tertiary/aromatic N) is 2. The molecule has 0 bridgehead atoms. The van der Waals surface area contributed by atoms with Gasteiger partial charge in [-0.15, -0.1) is 0 Å². The van der Waals surface area contributed by atoms with E-state index in [0.29, 0.717) is 29.0 Å². The summed E-state index contributed by atoms with van der Waals surface area (Å²) in [6.07, 6.45) is 3.97. The van der Waals surface area contributed by atoms with Crippen LogP contribution in [-0.4, -0.2) is 35.0 Å². The number of rotatable bonds is 4. The molecule has 2 unspecified atom stereocenters. The first-order valence-electron chi connectivity index (χ1n) is 10.6. The van der Waals surface area contributed by atoms with Crippen molar-refractivity contribution in [2.24, 2.45) is 0 Å². The van der Waals surface area contributed by atoms with Gasteiger partial charge >= 0.3 is 0 Å². The van der Waals surface area contributed by atoms with Gasteiger partial charge in [-0.25, -0.2) is 0 Å². The molecule has 2 aliphatic heterocycles. The Kier molecular flexibility index (Phi) is 5.09. The summed E-state index contributed by atoms with van der Waals surface area (Å²) < 4.78 is 11.0. The summed E-state index contributed by atoms with van der Waals surface area (Å²) >= 11 is 0. The smallest absolute Gasteiger partial charge is 0.300 e. The molecule has 5 rings (SSSR count). The zero-order valence-corrected chi connectivity index (χ0v) is 18.2. The number of Topliss-reactive ketones (excluding diaryl/α,β-unsaturated/α-hetero) is 1. The molecule has 1 amide bonds. The molecule has 2 aromatic carbocycles. The molecule has 166 valence electrons. The molecule has 2 atom stereocenters. The number of methoxy groups -OCH3 is 1. The number of hydrogen-bond donors (Lipinski definition) is 1. The van der Waals surface area contributed by atoms with Crippen LogP contribution in [0.15, 0.2) is 72.6 Å². The van der Waals surface area contributed by atoms with Crippen LogP contribution in [0.1, 0.15) is 29.7 Å². The van der Waals surface area contributed by atoms with E-state index in [9.17, 15) is 14.7 Å². The first-order valence-corrected chi connectivity index (χ1v) is 10.6. The lowest BCUT2D eigenvalue weighted by Gasteiger charge is -2.25. The normalized spacial score (nSPS) is 21.1. The van der Waals surface area contributed by atoms with Gasteiger partial charge in [-0.1, -0.05) is 6.07 Å². The van der Waals surface area contributed by atoms with Crippen LogP contribution in [0.25, 0.3) is 5.76 Å². The maximum atomic E-state index is 13.2. The number of aliphatic hydroxyl groups is 1. The van der Waals surface area contributed by atoms with Gasteiger partial charge in [-0.2, -0.15) is 0 Å². The summed E-state index contributed by atoms with van der Waals surface area (Å²) in [7, 11) is 1.55. The lowest BCUT2D eigenvalue weighted by atomic mass is 9.95. The minimum atomic E-state index is -0.824. The Labute approximate surface area is 190 Å². The van der Waals surface area contributed by atoms with Crippen molar-refractivity contribution in [2.45, 2.75) is 25.5 Å². The van der Waals surface area contributed by atoms with Crippen LogP contribution in [0.3, 0.4) is 0 Å². The largest absolute Gasteiger partial charge is 0.507 e. The molecule has 7 nitrogen and oxygen atoms in total. The number of ether oxygens (including phenoxy) is 2. The number of ketones is 1. The summed E-state index contributed by atoms with van der Waals surface area (Å²) in [6, 6.07) is 14.9. The van der Waals surface area contributed by atoms with Crippen LogP contribution in [0.5, 0.6) is 11.5 Å². The van der Waals surface area contributed by atoms with E-state index in [1.807, 2.05) is 13.0 Å². The van der Waals surface area contributed by atoms with E-state index in [0.717, 1.165) is 11.3 Å². The number of benzene rings is 2. The number of carbonyl (C=O) groups is 2. The van der Waals surface area contributed by atoms with Crippen molar-refractivity contribution in [2.75, 3.05) is 12.0 Å². The van der Waals surface area contributed by atoms with Gasteiger partial charge in [-0.05, 0) is 66.6 Å². The van der Waals surface area contributed by atoms with Crippen LogP contribution in [0.2, 0.25) is 0 Å². The third-order valence-corrected chi connectivity index (χ3v) is 5.96. The van der Waals surface area contributed by atoms with Crippen LogP contribution in [-0.2, 0) is 16.0 Å². The molecular formula is C26H22N2O5. The fourth-order valence-corrected chi connectivity index (χ4v) is 4.42. The molecule has 0 spiro atoms. The molecule has 0 radical (unpaired) electrons. The highest BCUT2D eigenvalue weighted by Crippen LogP contribution is 2.43. The summed E-state index contributed by atoms with van der Waals surface area (Å²) in [5.74, 6) is -0.291. The molecule has 0 aliphatic carbocycles. The molecule has 3 heterocycles. The molecule has 1 saturated heterocycles. The van der Waals surface area contributed by atoms with Crippen molar-refractivity contribution < 1.29 is 24.2 Å². The number of hydrogen-bond acceptors (Lipinski definition) is 6. The maximum Gasteiger partial charge on any atom is 0.300 e. The van der Waals surface area contributed by atoms with Crippen LogP contribution in [0, 0.1) is 0 Å². The van der Waals surface area contributed by atoms with E-state index >= 15 is 0 Å². The maximum absolute atomic E-state index is 13.2. The Morgan fingerprint density at radius 3 is 2.64 bits per heavy atom. The van der Waals surface area contributed by atoms with E-state index in [1.165, 1.54) is 4.90 Å². The quantitative estimate of drug-likeness (QED) is 0.373. The zero-order chi connectivity index (χ0) is 23.1. The highest BCUT2D eigenvalue weighted by molar-refractivity contribution is 6.51. The second-order valence-electron chi connectivity index (χ2n) is 8.11. The van der Waals surface area contributed by atoms with Gasteiger partial charge < -0.3 is 14.6 Å². The summed E-state index contributed by atoms with van der Waals surface area (Å²) in [5, 5.41) is 11.3. The Morgan fingerprint density at radius 2 is 1.94 bits per heavy atom. The highest BCUT2D eigenvalue weighted by Gasteiger charge is 2.47. The molecule has 2 aliphatic rings. The number of anilines is 1. The molecular weight excluding hydrogens is 420 g/mol. The fourth-order valence-electron chi connectivity index (χ4n) is 4.42. The first kappa shape index (κ1) is 20.8. The van der Waals surface area contributed by atoms with Crippen molar-refractivity contribution in [3.05, 3.63) is 89.3 Å². The second-order valence-corrected chi connectivity index (χ2v) is 8.11. The van der Waals surface area contributed by atoms with E-state index in [-0.39, 0.29) is 17.4 Å². The minimum Gasteiger partial charge on any atom is -0.507 e. The number of amides is 1. The minimum absolute atomic E-state index is 0.0238. The molecule has 1 aromatic heterocycles. The van der Waals surface area contributed by atoms with Gasteiger partial charge in [0, 0.05) is 30.1 Å². The van der Waals surface area contributed by atoms with Gasteiger partial charge in [0.25, 0.3) is 11.7 Å². The van der Waals surface area contributed by atoms with Crippen LogP contribution < -0.4 is 14.4 Å². The van der Waals surface area contributed by atoms with Gasteiger partial charge in [0.2, 0.25) is 0 Å². The number of carbonyl (C=O) groups excluding carboxylic acids is 2. The van der Waals surface area contributed by atoms with E-state index in [4.69, 9.17) is 9.47 Å². The van der Waals surface area contributed by atoms with E-state index < -0.39 is 17.7 Å². The molecule has 33 heavy (non-hydrogen) atoms. The lowest BCUT2D eigenvalue weighted by Crippen LogP contribution is -2.29. The number of fused-ring (bicyclic) bond motifs is 1. The van der Waals surface area contributed by atoms with Crippen LogP contribution in [0.4, 0.5) is 5.69 Å². The van der Waals surface area contributed by atoms with Gasteiger partial charge in [0.15, 0.2) is 0 Å².